The van der Waals surface area contributed by atoms with Crippen LogP contribution in [-0.4, -0.2) is 14.5 Å². The lowest BCUT2D eigenvalue weighted by Gasteiger charge is -2.18. The highest BCUT2D eigenvalue weighted by Crippen LogP contribution is 2.37. The lowest BCUT2D eigenvalue weighted by Crippen LogP contribution is -2.33. The van der Waals surface area contributed by atoms with Gasteiger partial charge in [-0.25, -0.2) is 17.5 Å². The van der Waals surface area contributed by atoms with E-state index >= 15 is 0 Å². The number of hydrogen-bond acceptors (Lipinski definition) is 3. The fourth-order valence-electron chi connectivity index (χ4n) is 2.74. The molecule has 0 amide bonds. The number of nitrogens with two attached hydrogens (primary N) is 1. The normalized spacial score (nSPS) is 22.1. The van der Waals surface area contributed by atoms with Gasteiger partial charge in [0.1, 0.15) is 5.82 Å². The van der Waals surface area contributed by atoms with E-state index in [4.69, 9.17) is 5.73 Å². The Morgan fingerprint density at radius 1 is 1.40 bits per heavy atom. The van der Waals surface area contributed by atoms with Crippen LogP contribution in [0.2, 0.25) is 0 Å². The molecule has 2 rings (SSSR count). The number of nitrogens with one attached hydrogen (secondary N) is 1. The van der Waals surface area contributed by atoms with Gasteiger partial charge in [-0.1, -0.05) is 13.8 Å². The molecule has 0 radical (unpaired) electrons. The molecule has 0 bridgehead atoms. The van der Waals surface area contributed by atoms with Crippen LogP contribution in [0.15, 0.2) is 17.0 Å². The number of halogens is 1. The number of benzene rings is 1. The van der Waals surface area contributed by atoms with Gasteiger partial charge in [0.2, 0.25) is 10.0 Å². The predicted molar refractivity (Wildman–Crippen MR) is 77.3 cm³/mol. The van der Waals surface area contributed by atoms with Gasteiger partial charge in [0.25, 0.3) is 0 Å². The minimum Gasteiger partial charge on any atom is -0.396 e. The largest absolute Gasteiger partial charge is 0.396 e. The molecule has 1 unspecified atom stereocenters. The zero-order valence-electron chi connectivity index (χ0n) is 12.0. The highest BCUT2D eigenvalue weighted by molar-refractivity contribution is 7.89. The molecule has 3 N–H and O–H groups in total. The first-order chi connectivity index (χ1) is 9.11. The quantitative estimate of drug-likeness (QED) is 0.843. The smallest absolute Gasteiger partial charge is 0.240 e. The van der Waals surface area contributed by atoms with Crippen molar-refractivity contribution in [3.05, 3.63) is 23.5 Å². The fraction of sp³-hybridized carbons (Fsp3) is 0.571. The molecule has 112 valence electrons. The highest BCUT2D eigenvalue weighted by atomic mass is 32.2. The number of aryl methyl sites for hydroxylation is 1. The van der Waals surface area contributed by atoms with Crippen molar-refractivity contribution in [1.82, 2.24) is 4.72 Å². The maximum absolute atomic E-state index is 13.5. The number of anilines is 1. The van der Waals surface area contributed by atoms with E-state index in [1.54, 1.807) is 0 Å². The summed E-state index contributed by atoms with van der Waals surface area (Å²) in [7, 11) is -3.65. The molecule has 1 saturated carbocycles. The molecule has 4 nitrogen and oxygen atoms in total. The van der Waals surface area contributed by atoms with Crippen LogP contribution in [0.1, 0.15) is 38.7 Å². The Labute approximate surface area is 119 Å². The van der Waals surface area contributed by atoms with E-state index < -0.39 is 15.8 Å². The molecule has 6 heteroatoms. The molecular formula is C14H21FN2O2S. The molecule has 1 fully saturated rings. The van der Waals surface area contributed by atoms with E-state index in [9.17, 15) is 12.8 Å². The van der Waals surface area contributed by atoms with Crippen LogP contribution in [0.3, 0.4) is 0 Å². The Kier molecular flexibility index (Phi) is 3.81. The Morgan fingerprint density at radius 2 is 2.05 bits per heavy atom. The van der Waals surface area contributed by atoms with Crippen molar-refractivity contribution in [2.75, 3.05) is 5.73 Å². The number of hydrogen-bond donors (Lipinski definition) is 2. The summed E-state index contributed by atoms with van der Waals surface area (Å²) in [6.45, 7) is 5.76. The molecular weight excluding hydrogens is 279 g/mol. The van der Waals surface area contributed by atoms with Crippen molar-refractivity contribution in [3.8, 4) is 0 Å². The van der Waals surface area contributed by atoms with Crippen LogP contribution in [0.25, 0.3) is 0 Å². The highest BCUT2D eigenvalue weighted by Gasteiger charge is 2.33. The summed E-state index contributed by atoms with van der Waals surface area (Å²) in [5.74, 6) is -0.564. The second-order valence-corrected chi connectivity index (χ2v) is 8.08. The second-order valence-electron chi connectivity index (χ2n) is 6.37. The van der Waals surface area contributed by atoms with Crippen LogP contribution < -0.4 is 10.5 Å². The molecule has 0 heterocycles. The first kappa shape index (κ1) is 15.3. The van der Waals surface area contributed by atoms with E-state index in [0.29, 0.717) is 0 Å². The molecule has 0 aliphatic heterocycles. The Balaban J connectivity index is 2.23. The van der Waals surface area contributed by atoms with Crippen LogP contribution in [-0.2, 0) is 10.0 Å². The second kappa shape index (κ2) is 5.00. The molecule has 1 aliphatic carbocycles. The minimum atomic E-state index is -3.65. The number of sulfonamides is 1. The minimum absolute atomic E-state index is 0.0265. The van der Waals surface area contributed by atoms with Crippen molar-refractivity contribution in [3.63, 3.8) is 0 Å². The molecule has 20 heavy (non-hydrogen) atoms. The summed E-state index contributed by atoms with van der Waals surface area (Å²) in [6, 6.07) is 2.42. The van der Waals surface area contributed by atoms with Gasteiger partial charge in [0, 0.05) is 6.04 Å². The molecule has 0 saturated heterocycles. The maximum Gasteiger partial charge on any atom is 0.240 e. The first-order valence-electron chi connectivity index (χ1n) is 6.69. The summed E-state index contributed by atoms with van der Waals surface area (Å²) >= 11 is 0. The lowest BCUT2D eigenvalue weighted by molar-refractivity contribution is 0.372. The van der Waals surface area contributed by atoms with Gasteiger partial charge in [0.15, 0.2) is 0 Å². The van der Waals surface area contributed by atoms with Gasteiger partial charge in [-0.05, 0) is 49.3 Å². The molecule has 1 aromatic carbocycles. The van der Waals surface area contributed by atoms with Gasteiger partial charge in [-0.3, -0.25) is 0 Å². The zero-order chi connectivity index (χ0) is 15.1. The van der Waals surface area contributed by atoms with Crippen LogP contribution >= 0.6 is 0 Å². The van der Waals surface area contributed by atoms with Crippen molar-refractivity contribution in [1.29, 1.82) is 0 Å². The van der Waals surface area contributed by atoms with Crippen LogP contribution in [0.5, 0.6) is 0 Å². The third-order valence-corrected chi connectivity index (χ3v) is 5.36. The standard InChI is InChI=1S/C14H21FN2O2S/c1-9-6-11(7-12(16)13(9)15)20(18,19)17-10-4-5-14(2,3)8-10/h6-7,10,17H,4-5,8,16H2,1-3H3. The number of rotatable bonds is 3. The number of nitrogen functional groups attached to an aromatic ring is 1. The molecule has 1 aromatic rings. The van der Waals surface area contributed by atoms with E-state index in [0.717, 1.165) is 19.3 Å². The van der Waals surface area contributed by atoms with E-state index in [1.807, 2.05) is 0 Å². The van der Waals surface area contributed by atoms with Crippen molar-refractivity contribution in [2.45, 2.75) is 51.0 Å². The first-order valence-corrected chi connectivity index (χ1v) is 8.17. The lowest BCUT2D eigenvalue weighted by atomic mass is 9.92. The third kappa shape index (κ3) is 3.12. The average Bonchev–Trinajstić information content (AvgIpc) is 2.64. The molecule has 1 atom stereocenters. The summed E-state index contributed by atoms with van der Waals surface area (Å²) in [5.41, 5.74) is 5.75. The third-order valence-electron chi connectivity index (χ3n) is 3.86. The predicted octanol–water partition coefficient (Wildman–Crippen LogP) is 2.57. The van der Waals surface area contributed by atoms with Gasteiger partial charge < -0.3 is 5.73 Å². The summed E-state index contributed by atoms with van der Waals surface area (Å²) in [5, 5.41) is 0. The summed E-state index contributed by atoms with van der Waals surface area (Å²) in [6.07, 6.45) is 2.62. The van der Waals surface area contributed by atoms with E-state index in [1.165, 1.54) is 19.1 Å². The Hall–Kier alpha value is -1.14. The Morgan fingerprint density at radius 3 is 2.55 bits per heavy atom. The van der Waals surface area contributed by atoms with Crippen LogP contribution in [0, 0.1) is 18.2 Å². The SMILES string of the molecule is Cc1cc(S(=O)(=O)NC2CCC(C)(C)C2)cc(N)c1F. The topological polar surface area (TPSA) is 72.2 Å². The van der Waals surface area contributed by atoms with E-state index in [-0.39, 0.29) is 27.6 Å². The van der Waals surface area contributed by atoms with Gasteiger partial charge in [-0.15, -0.1) is 0 Å². The monoisotopic (exact) mass is 300 g/mol. The van der Waals surface area contributed by atoms with Crippen LogP contribution in [0.4, 0.5) is 10.1 Å². The molecule has 0 aromatic heterocycles. The van der Waals surface area contributed by atoms with E-state index in [2.05, 4.69) is 18.6 Å². The van der Waals surface area contributed by atoms with Crippen molar-refractivity contribution < 1.29 is 12.8 Å². The van der Waals surface area contributed by atoms with Crippen molar-refractivity contribution in [2.24, 2.45) is 5.41 Å². The fourth-order valence-corrected chi connectivity index (χ4v) is 4.13. The Bertz CT molecular complexity index is 603. The van der Waals surface area contributed by atoms with Gasteiger partial charge in [-0.2, -0.15) is 0 Å². The molecule has 0 spiro atoms. The van der Waals surface area contributed by atoms with Gasteiger partial charge in [0.05, 0.1) is 10.6 Å². The van der Waals surface area contributed by atoms with Crippen molar-refractivity contribution >= 4 is 15.7 Å². The zero-order valence-corrected chi connectivity index (χ0v) is 12.8. The summed E-state index contributed by atoms with van der Waals surface area (Å²) in [4.78, 5) is 0.0265. The summed E-state index contributed by atoms with van der Waals surface area (Å²) < 4.78 is 40.8. The van der Waals surface area contributed by atoms with Gasteiger partial charge >= 0.3 is 0 Å². The maximum atomic E-state index is 13.5. The molecule has 1 aliphatic rings. The average molecular weight is 300 g/mol.